The van der Waals surface area contributed by atoms with Gasteiger partial charge in [-0.3, -0.25) is 4.79 Å². The van der Waals surface area contributed by atoms with Gasteiger partial charge < -0.3 is 20.1 Å². The number of hydrogen-bond acceptors (Lipinski definition) is 4. The number of ether oxygens (including phenoxy) is 2. The molecule has 1 aliphatic rings. The van der Waals surface area contributed by atoms with E-state index in [0.29, 0.717) is 33.0 Å². The van der Waals surface area contributed by atoms with Crippen LogP contribution in [0.15, 0.2) is 36.0 Å². The molecule has 118 valence electrons. The first kappa shape index (κ1) is 17.6. The molecule has 21 heavy (non-hydrogen) atoms. The summed E-state index contributed by atoms with van der Waals surface area (Å²) in [5.41, 5.74) is 1.09. The lowest BCUT2D eigenvalue weighted by Gasteiger charge is -2.06. The van der Waals surface area contributed by atoms with E-state index in [1.807, 2.05) is 19.2 Å². The summed E-state index contributed by atoms with van der Waals surface area (Å²) in [7, 11) is 1.89. The Hall–Kier alpha value is -1.43. The van der Waals surface area contributed by atoms with Crippen LogP contribution in [0.3, 0.4) is 0 Å². The maximum atomic E-state index is 11.6. The number of likely N-dealkylation sites (N-methyl/N-ethyl adjacent to an activating group) is 1. The smallest absolute Gasteiger partial charge is 0.244 e. The normalized spacial score (nSPS) is 14.4. The molecule has 1 amide bonds. The highest BCUT2D eigenvalue weighted by molar-refractivity contribution is 5.88. The van der Waals surface area contributed by atoms with Crippen LogP contribution in [0.4, 0.5) is 0 Å². The fourth-order valence-corrected chi connectivity index (χ4v) is 1.73. The standard InChI is InChI=1S/C16H26N2O3/c1-17-9-11-20-13-14-21-12-10-18-16(19)8-7-15-5-3-2-4-6-15/h3,5-8,17H,2,4,9-14H2,1H3,(H,18,19)/b8-7+. The molecule has 1 aliphatic carbocycles. The Labute approximate surface area is 127 Å². The van der Waals surface area contributed by atoms with Crippen LogP contribution in [0, 0.1) is 0 Å². The van der Waals surface area contributed by atoms with Crippen LogP contribution in [-0.4, -0.2) is 52.5 Å². The second kappa shape index (κ2) is 12.3. The highest BCUT2D eigenvalue weighted by Crippen LogP contribution is 2.10. The molecule has 0 saturated heterocycles. The minimum absolute atomic E-state index is 0.0938. The molecule has 0 atom stereocenters. The van der Waals surface area contributed by atoms with Crippen LogP contribution in [0.5, 0.6) is 0 Å². The monoisotopic (exact) mass is 294 g/mol. The van der Waals surface area contributed by atoms with E-state index in [-0.39, 0.29) is 5.91 Å². The summed E-state index contributed by atoms with van der Waals surface area (Å²) < 4.78 is 10.7. The van der Waals surface area contributed by atoms with Crippen LogP contribution >= 0.6 is 0 Å². The lowest BCUT2D eigenvalue weighted by Crippen LogP contribution is -2.26. The lowest BCUT2D eigenvalue weighted by atomic mass is 10.1. The summed E-state index contributed by atoms with van der Waals surface area (Å²) >= 11 is 0. The largest absolute Gasteiger partial charge is 0.378 e. The first-order valence-corrected chi connectivity index (χ1v) is 7.45. The van der Waals surface area contributed by atoms with E-state index < -0.39 is 0 Å². The number of amides is 1. The van der Waals surface area contributed by atoms with Crippen molar-refractivity contribution in [2.24, 2.45) is 0 Å². The van der Waals surface area contributed by atoms with Crippen molar-refractivity contribution < 1.29 is 14.3 Å². The SMILES string of the molecule is CNCCOCCOCCNC(=O)/C=C/C1=CCCC=C1. The van der Waals surface area contributed by atoms with Crippen LogP contribution < -0.4 is 10.6 Å². The highest BCUT2D eigenvalue weighted by atomic mass is 16.5. The van der Waals surface area contributed by atoms with Crippen molar-refractivity contribution in [1.29, 1.82) is 0 Å². The molecule has 0 bridgehead atoms. The number of carbonyl (C=O) groups is 1. The minimum atomic E-state index is -0.0938. The van der Waals surface area contributed by atoms with E-state index >= 15 is 0 Å². The van der Waals surface area contributed by atoms with E-state index in [9.17, 15) is 4.79 Å². The van der Waals surface area contributed by atoms with Crippen molar-refractivity contribution in [2.45, 2.75) is 12.8 Å². The molecular weight excluding hydrogens is 268 g/mol. The summed E-state index contributed by atoms with van der Waals surface area (Å²) in [5, 5.41) is 5.78. The molecule has 5 nitrogen and oxygen atoms in total. The van der Waals surface area contributed by atoms with Gasteiger partial charge in [0.2, 0.25) is 5.91 Å². The third-order valence-corrected chi connectivity index (χ3v) is 2.86. The molecule has 0 aliphatic heterocycles. The maximum absolute atomic E-state index is 11.6. The summed E-state index contributed by atoms with van der Waals surface area (Å²) in [6.45, 7) is 3.66. The molecule has 0 fully saturated rings. The van der Waals surface area contributed by atoms with E-state index in [1.165, 1.54) is 0 Å². The molecule has 1 rings (SSSR count). The van der Waals surface area contributed by atoms with Gasteiger partial charge in [-0.15, -0.1) is 0 Å². The third kappa shape index (κ3) is 10.0. The van der Waals surface area contributed by atoms with Crippen molar-refractivity contribution in [3.8, 4) is 0 Å². The van der Waals surface area contributed by atoms with Gasteiger partial charge in [0.1, 0.15) is 0 Å². The molecule has 0 unspecified atom stereocenters. The van der Waals surface area contributed by atoms with Gasteiger partial charge in [-0.1, -0.05) is 18.2 Å². The highest BCUT2D eigenvalue weighted by Gasteiger charge is 1.97. The predicted molar refractivity (Wildman–Crippen MR) is 84.2 cm³/mol. The van der Waals surface area contributed by atoms with E-state index in [1.54, 1.807) is 6.08 Å². The molecular formula is C16H26N2O3. The van der Waals surface area contributed by atoms with Gasteiger partial charge in [-0.2, -0.15) is 0 Å². The zero-order valence-electron chi connectivity index (χ0n) is 12.8. The lowest BCUT2D eigenvalue weighted by molar-refractivity contribution is -0.116. The van der Waals surface area contributed by atoms with Gasteiger partial charge in [-0.25, -0.2) is 0 Å². The molecule has 2 N–H and O–H groups in total. The number of hydrogen-bond donors (Lipinski definition) is 2. The average Bonchev–Trinajstić information content (AvgIpc) is 2.52. The molecule has 0 saturated carbocycles. The quantitative estimate of drug-likeness (QED) is 0.444. The Morgan fingerprint density at radius 1 is 1.19 bits per heavy atom. The van der Waals surface area contributed by atoms with Gasteiger partial charge in [0.05, 0.1) is 26.4 Å². The van der Waals surface area contributed by atoms with Gasteiger partial charge in [0.15, 0.2) is 0 Å². The van der Waals surface area contributed by atoms with E-state index in [2.05, 4.69) is 22.8 Å². The summed E-state index contributed by atoms with van der Waals surface area (Å²) in [4.78, 5) is 11.6. The summed E-state index contributed by atoms with van der Waals surface area (Å²) in [6, 6.07) is 0. The average molecular weight is 294 g/mol. The third-order valence-electron chi connectivity index (χ3n) is 2.86. The maximum Gasteiger partial charge on any atom is 0.244 e. The fourth-order valence-electron chi connectivity index (χ4n) is 1.73. The van der Waals surface area contributed by atoms with Crippen molar-refractivity contribution in [3.05, 3.63) is 36.0 Å². The van der Waals surface area contributed by atoms with Gasteiger partial charge in [0, 0.05) is 19.2 Å². The molecule has 5 heteroatoms. The first-order valence-electron chi connectivity index (χ1n) is 7.45. The zero-order chi connectivity index (χ0) is 15.2. The van der Waals surface area contributed by atoms with E-state index in [0.717, 1.165) is 25.0 Å². The van der Waals surface area contributed by atoms with Crippen molar-refractivity contribution in [2.75, 3.05) is 46.6 Å². The second-order valence-electron chi connectivity index (χ2n) is 4.64. The van der Waals surface area contributed by atoms with Crippen LogP contribution in [0.1, 0.15) is 12.8 Å². The number of carbonyl (C=O) groups excluding carboxylic acids is 1. The van der Waals surface area contributed by atoms with Crippen LogP contribution in [0.2, 0.25) is 0 Å². The molecule has 0 radical (unpaired) electrons. The van der Waals surface area contributed by atoms with Crippen LogP contribution in [0.25, 0.3) is 0 Å². The van der Waals surface area contributed by atoms with Crippen molar-refractivity contribution in [1.82, 2.24) is 10.6 Å². The Balaban J connectivity index is 1.95. The van der Waals surface area contributed by atoms with Gasteiger partial charge in [-0.05, 0) is 31.5 Å². The van der Waals surface area contributed by atoms with Crippen LogP contribution in [-0.2, 0) is 14.3 Å². The Morgan fingerprint density at radius 3 is 2.62 bits per heavy atom. The minimum Gasteiger partial charge on any atom is -0.378 e. The van der Waals surface area contributed by atoms with Gasteiger partial charge >= 0.3 is 0 Å². The Morgan fingerprint density at radius 2 is 1.95 bits per heavy atom. The number of nitrogens with one attached hydrogen (secondary N) is 2. The Bertz CT molecular complexity index is 376. The Kier molecular flexibility index (Phi) is 10.3. The topological polar surface area (TPSA) is 59.6 Å². The van der Waals surface area contributed by atoms with E-state index in [4.69, 9.17) is 9.47 Å². The van der Waals surface area contributed by atoms with Crippen molar-refractivity contribution >= 4 is 5.91 Å². The number of allylic oxidation sites excluding steroid dienone is 5. The summed E-state index contributed by atoms with van der Waals surface area (Å²) in [5.74, 6) is -0.0938. The fraction of sp³-hybridized carbons (Fsp3) is 0.562. The summed E-state index contributed by atoms with van der Waals surface area (Å²) in [6.07, 6.45) is 11.8. The molecule has 0 spiro atoms. The van der Waals surface area contributed by atoms with Crippen molar-refractivity contribution in [3.63, 3.8) is 0 Å². The zero-order valence-corrected chi connectivity index (χ0v) is 12.8. The predicted octanol–water partition coefficient (Wildman–Crippen LogP) is 1.19. The molecule has 0 aromatic carbocycles. The molecule has 0 aromatic rings. The van der Waals surface area contributed by atoms with Gasteiger partial charge in [0.25, 0.3) is 0 Å². The molecule has 0 aromatic heterocycles. The molecule has 0 heterocycles. The number of rotatable bonds is 11. The first-order chi connectivity index (χ1) is 10.3. The second-order valence-corrected chi connectivity index (χ2v) is 4.64.